The van der Waals surface area contributed by atoms with Crippen LogP contribution in [-0.2, 0) is 42.6 Å². The molecule has 67 heavy (non-hydrogen) atoms. The maximum absolute atomic E-state index is 13.5. The van der Waals surface area contributed by atoms with Gasteiger partial charge in [-0.05, 0) is 110 Å². The number of amides is 5. The molecule has 0 spiro atoms. The summed E-state index contributed by atoms with van der Waals surface area (Å²) in [5.41, 5.74) is -4.84. The Balaban J connectivity index is 2.14. The van der Waals surface area contributed by atoms with Gasteiger partial charge in [-0.25, -0.2) is 24.0 Å². The summed E-state index contributed by atoms with van der Waals surface area (Å²) >= 11 is 0. The van der Waals surface area contributed by atoms with Gasteiger partial charge in [-0.1, -0.05) is 0 Å². The zero-order chi connectivity index (χ0) is 51.2. The number of aliphatic hydroxyl groups is 5. The highest BCUT2D eigenvalue weighted by Gasteiger charge is 2.54. The smallest absolute Gasteiger partial charge is 0.408 e. The molecular formula is C43H77N5O19. The molecule has 2 saturated heterocycles. The van der Waals surface area contributed by atoms with E-state index in [9.17, 15) is 49.5 Å². The predicted molar refractivity (Wildman–Crippen MR) is 234 cm³/mol. The molecule has 1 aliphatic carbocycles. The maximum atomic E-state index is 13.5. The van der Waals surface area contributed by atoms with Crippen molar-refractivity contribution in [3.05, 3.63) is 0 Å². The Morgan fingerprint density at radius 2 is 0.851 bits per heavy atom. The van der Waals surface area contributed by atoms with E-state index in [4.69, 9.17) is 42.6 Å². The highest BCUT2D eigenvalue weighted by molar-refractivity contribution is 5.70. The van der Waals surface area contributed by atoms with Crippen molar-refractivity contribution >= 4 is 30.5 Å². The van der Waals surface area contributed by atoms with E-state index in [1.54, 1.807) is 104 Å². The van der Waals surface area contributed by atoms with E-state index in [2.05, 4.69) is 26.6 Å². The van der Waals surface area contributed by atoms with Crippen LogP contribution in [0.15, 0.2) is 0 Å². The Morgan fingerprint density at radius 1 is 0.478 bits per heavy atom. The van der Waals surface area contributed by atoms with Crippen LogP contribution < -0.4 is 26.6 Å². The summed E-state index contributed by atoms with van der Waals surface area (Å²) in [6.07, 6.45) is -21.7. The van der Waals surface area contributed by atoms with Crippen molar-refractivity contribution in [3.8, 4) is 0 Å². The van der Waals surface area contributed by atoms with Crippen LogP contribution in [0.4, 0.5) is 24.0 Å². The second-order valence-corrected chi connectivity index (χ2v) is 21.8. The van der Waals surface area contributed by atoms with E-state index in [0.717, 1.165) is 0 Å². The van der Waals surface area contributed by atoms with E-state index in [0.29, 0.717) is 0 Å². The van der Waals surface area contributed by atoms with Crippen molar-refractivity contribution in [3.63, 3.8) is 0 Å². The van der Waals surface area contributed by atoms with Gasteiger partial charge in [0, 0.05) is 13.0 Å². The fraction of sp³-hybridized carbons (Fsp3) is 0.884. The van der Waals surface area contributed by atoms with Crippen LogP contribution in [0.3, 0.4) is 0 Å². The second kappa shape index (κ2) is 22.6. The molecule has 5 amide bonds. The third-order valence-electron chi connectivity index (χ3n) is 9.64. The molecule has 2 aliphatic heterocycles. The Morgan fingerprint density at radius 3 is 1.27 bits per heavy atom. The Kier molecular flexibility index (Phi) is 19.3. The molecule has 388 valence electrons. The first-order valence-corrected chi connectivity index (χ1v) is 22.3. The average Bonchev–Trinajstić information content (AvgIpc) is 3.10. The minimum absolute atomic E-state index is 0.251. The van der Waals surface area contributed by atoms with Gasteiger partial charge >= 0.3 is 30.5 Å². The topological polar surface area (TPSA) is 330 Å². The normalized spacial score (nSPS) is 31.9. The number of rotatable bonds is 11. The average molecular weight is 968 g/mol. The molecule has 0 aromatic carbocycles. The molecule has 6 unspecified atom stereocenters. The summed E-state index contributed by atoms with van der Waals surface area (Å²) < 4.78 is 51.9. The number of alkyl carbamates (subject to hydrolysis) is 5. The molecule has 24 nitrogen and oxygen atoms in total. The molecule has 1 saturated carbocycles. The van der Waals surface area contributed by atoms with Crippen LogP contribution >= 0.6 is 0 Å². The van der Waals surface area contributed by atoms with Crippen molar-refractivity contribution in [1.82, 2.24) is 26.6 Å². The lowest BCUT2D eigenvalue weighted by molar-refractivity contribution is -0.318. The number of hydrogen-bond donors (Lipinski definition) is 10. The van der Waals surface area contributed by atoms with E-state index in [-0.39, 0.29) is 19.4 Å². The van der Waals surface area contributed by atoms with E-state index >= 15 is 0 Å². The fourth-order valence-electron chi connectivity index (χ4n) is 7.15. The summed E-state index contributed by atoms with van der Waals surface area (Å²) in [7, 11) is 0. The molecule has 10 N–H and O–H groups in total. The number of hydrogen-bond acceptors (Lipinski definition) is 19. The molecular weight excluding hydrogens is 890 g/mol. The third-order valence-corrected chi connectivity index (χ3v) is 9.64. The minimum atomic E-state index is -1.96. The van der Waals surface area contributed by atoms with Gasteiger partial charge in [-0.15, -0.1) is 0 Å². The summed E-state index contributed by atoms with van der Waals surface area (Å²) in [4.78, 5) is 65.6. The van der Waals surface area contributed by atoms with Gasteiger partial charge in [0.2, 0.25) is 0 Å². The maximum Gasteiger partial charge on any atom is 0.408 e. The lowest BCUT2D eigenvalue weighted by Gasteiger charge is -2.49. The van der Waals surface area contributed by atoms with E-state index < -0.39 is 151 Å². The molecule has 0 aromatic rings. The highest BCUT2D eigenvalue weighted by Crippen LogP contribution is 2.34. The molecule has 3 fully saturated rings. The second-order valence-electron chi connectivity index (χ2n) is 21.8. The van der Waals surface area contributed by atoms with E-state index in [1.165, 1.54) is 0 Å². The number of carbonyl (C=O) groups excluding carboxylic acids is 5. The standard InChI is InChI=1S/C43H77N5O19/c1-39(2,3)63-34(54)44-18-24-23(50)17-22(47-37(57)66-42(10,11)12)32(59-24)61-30-20(45-35(55)64-40(4,5)6)16-21(46-36(56)65-41(7,8)9)31(29(30)53)62-33-28(52)26(27(51)25(19-49)60-33)48-38(58)67-43(13,14)15/h20-33,49-53H,16-19H2,1-15H3,(H,44,54)(H,45,55)(H,46,56)(H,47,57)(H,48,58)/t20-,21+,22?,23-,24?,25?,26-,27+,28?,29?,30?,31-,32+,33+/m0/s1. The van der Waals surface area contributed by atoms with Crippen LogP contribution in [0.5, 0.6) is 0 Å². The fourth-order valence-corrected chi connectivity index (χ4v) is 7.15. The van der Waals surface area contributed by atoms with Crippen molar-refractivity contribution in [2.45, 2.75) is 230 Å². The molecule has 0 bridgehead atoms. The number of carbonyl (C=O) groups is 5. The first kappa shape index (κ1) is 57.3. The highest BCUT2D eigenvalue weighted by atomic mass is 16.7. The number of nitrogens with one attached hydrogen (secondary N) is 5. The lowest BCUT2D eigenvalue weighted by Crippen LogP contribution is -2.70. The minimum Gasteiger partial charge on any atom is -0.444 e. The van der Waals surface area contributed by atoms with Crippen LogP contribution in [-0.4, -0.2) is 183 Å². The Hall–Kier alpha value is -4.01. The predicted octanol–water partition coefficient (Wildman–Crippen LogP) is 1.53. The summed E-state index contributed by atoms with van der Waals surface area (Å²) in [5, 5.41) is 69.5. The lowest BCUT2D eigenvalue weighted by atomic mass is 9.83. The first-order valence-electron chi connectivity index (χ1n) is 22.3. The summed E-state index contributed by atoms with van der Waals surface area (Å²) in [6, 6.07) is -5.42. The molecule has 3 aliphatic rings. The van der Waals surface area contributed by atoms with Gasteiger partial charge in [0.1, 0.15) is 70.7 Å². The van der Waals surface area contributed by atoms with Gasteiger partial charge in [0.05, 0.1) is 36.9 Å². The number of aliphatic hydroxyl groups excluding tert-OH is 5. The quantitative estimate of drug-likeness (QED) is 0.131. The van der Waals surface area contributed by atoms with Crippen molar-refractivity contribution in [2.75, 3.05) is 13.2 Å². The molecule has 0 aromatic heterocycles. The van der Waals surface area contributed by atoms with Gasteiger partial charge < -0.3 is 94.7 Å². The SMILES string of the molecule is CC(C)(C)OC(=O)NCC1O[C@H](OC2C(O)[C@@H](O[C@H]3OC(CO)[C@@H](O)[C@H](NC(=O)OC(C)(C)C)C3O)[C@H](NC(=O)OC(C)(C)C)C[C@@H]2NC(=O)OC(C)(C)C)C(NC(=O)OC(C)(C)C)C[C@@H]1O. The van der Waals surface area contributed by atoms with Gasteiger partial charge in [0.15, 0.2) is 12.6 Å². The van der Waals surface area contributed by atoms with Gasteiger partial charge in [-0.3, -0.25) is 0 Å². The molecule has 3 rings (SSSR count). The first-order chi connectivity index (χ1) is 30.4. The van der Waals surface area contributed by atoms with Gasteiger partial charge in [-0.2, -0.15) is 0 Å². The Labute approximate surface area is 392 Å². The zero-order valence-electron chi connectivity index (χ0n) is 41.4. The summed E-state index contributed by atoms with van der Waals surface area (Å²) in [5.74, 6) is 0. The monoisotopic (exact) mass is 968 g/mol. The van der Waals surface area contributed by atoms with Crippen molar-refractivity contribution in [2.24, 2.45) is 0 Å². The molecule has 14 atom stereocenters. The third kappa shape index (κ3) is 19.1. The molecule has 0 radical (unpaired) electrons. The van der Waals surface area contributed by atoms with Crippen LogP contribution in [0, 0.1) is 0 Å². The van der Waals surface area contributed by atoms with Gasteiger partial charge in [0.25, 0.3) is 0 Å². The Bertz CT molecular complexity index is 1670. The van der Waals surface area contributed by atoms with E-state index in [1.807, 2.05) is 0 Å². The molecule has 2 heterocycles. The van der Waals surface area contributed by atoms with Crippen LogP contribution in [0.1, 0.15) is 117 Å². The largest absolute Gasteiger partial charge is 0.444 e. The van der Waals surface area contributed by atoms with Crippen molar-refractivity contribution < 1.29 is 92.1 Å². The van der Waals surface area contributed by atoms with Crippen molar-refractivity contribution in [1.29, 1.82) is 0 Å². The zero-order valence-corrected chi connectivity index (χ0v) is 41.4. The van der Waals surface area contributed by atoms with Crippen LogP contribution in [0.25, 0.3) is 0 Å². The molecule has 24 heteroatoms. The number of ether oxygens (including phenoxy) is 9. The summed E-state index contributed by atoms with van der Waals surface area (Å²) in [6.45, 7) is 23.2. The van der Waals surface area contributed by atoms with Crippen LogP contribution in [0.2, 0.25) is 0 Å².